The van der Waals surface area contributed by atoms with Crippen LogP contribution >= 0.6 is 0 Å². The summed E-state index contributed by atoms with van der Waals surface area (Å²) < 4.78 is 5.71. The lowest BCUT2D eigenvalue weighted by molar-refractivity contribution is -0.139. The van der Waals surface area contributed by atoms with E-state index in [9.17, 15) is 14.7 Å². The van der Waals surface area contributed by atoms with Crippen LogP contribution in [-0.4, -0.2) is 29.3 Å². The highest BCUT2D eigenvalue weighted by atomic mass is 16.5. The minimum Gasteiger partial charge on any atom is -0.481 e. The number of hydrogen-bond acceptors (Lipinski definition) is 3. The number of carbonyl (C=O) groups excluding carboxylic acids is 1. The largest absolute Gasteiger partial charge is 0.481 e. The first-order valence-corrected chi connectivity index (χ1v) is 10.9. The second-order valence-corrected chi connectivity index (χ2v) is 9.01. The van der Waals surface area contributed by atoms with Crippen molar-refractivity contribution in [3.8, 4) is 11.1 Å². The summed E-state index contributed by atoms with van der Waals surface area (Å²) in [5.74, 6) is -0.0878. The molecule has 5 nitrogen and oxygen atoms in total. The molecule has 5 rings (SSSR count). The first-order chi connectivity index (χ1) is 14.6. The van der Waals surface area contributed by atoms with E-state index in [1.807, 2.05) is 24.3 Å². The number of carboxylic acid groups (broad SMARTS) is 1. The molecule has 156 valence electrons. The standard InChI is InChI=1S/C25H27NO4/c27-23(28)14-25(13-12-16-6-5-11-22(16)25)26-24(29)30-15-21-19-9-3-1-7-17(19)18-8-2-4-10-20(18)21/h1-4,7-10,16,21-22H,5-6,11-15H2,(H,26,29)(H,27,28). The Morgan fingerprint density at radius 3 is 2.33 bits per heavy atom. The number of rotatable bonds is 5. The normalized spacial score (nSPS) is 26.7. The Labute approximate surface area is 176 Å². The Balaban J connectivity index is 1.32. The van der Waals surface area contributed by atoms with Crippen molar-refractivity contribution in [3.05, 3.63) is 59.7 Å². The summed E-state index contributed by atoms with van der Waals surface area (Å²) in [5.41, 5.74) is 4.05. The molecule has 0 saturated heterocycles. The molecule has 0 aliphatic heterocycles. The first-order valence-electron chi connectivity index (χ1n) is 10.9. The van der Waals surface area contributed by atoms with Gasteiger partial charge in [0.25, 0.3) is 0 Å². The lowest BCUT2D eigenvalue weighted by Gasteiger charge is -2.34. The third-order valence-electron chi connectivity index (χ3n) is 7.49. The summed E-state index contributed by atoms with van der Waals surface area (Å²) >= 11 is 0. The molecule has 0 heterocycles. The molecular weight excluding hydrogens is 378 g/mol. The molecule has 3 atom stereocenters. The fourth-order valence-electron chi connectivity index (χ4n) is 6.26. The maximum atomic E-state index is 12.8. The minimum absolute atomic E-state index is 0.00128. The third-order valence-corrected chi connectivity index (χ3v) is 7.49. The van der Waals surface area contributed by atoms with Gasteiger partial charge in [-0.05, 0) is 53.4 Å². The monoisotopic (exact) mass is 405 g/mol. The molecule has 0 aromatic heterocycles. The van der Waals surface area contributed by atoms with Gasteiger partial charge in [0.2, 0.25) is 0 Å². The molecule has 2 N–H and O–H groups in total. The summed E-state index contributed by atoms with van der Waals surface area (Å²) in [6.07, 6.45) is 4.42. The van der Waals surface area contributed by atoms with Crippen LogP contribution in [0.15, 0.2) is 48.5 Å². The molecule has 30 heavy (non-hydrogen) atoms. The third kappa shape index (κ3) is 3.17. The van der Waals surface area contributed by atoms with Crippen molar-refractivity contribution < 1.29 is 19.4 Å². The fraction of sp³-hybridized carbons (Fsp3) is 0.440. The zero-order valence-electron chi connectivity index (χ0n) is 17.0. The van der Waals surface area contributed by atoms with Crippen molar-refractivity contribution in [3.63, 3.8) is 0 Å². The van der Waals surface area contributed by atoms with Crippen LogP contribution in [0.2, 0.25) is 0 Å². The molecule has 3 aliphatic carbocycles. The number of hydrogen-bond donors (Lipinski definition) is 2. The van der Waals surface area contributed by atoms with Crippen LogP contribution in [0.5, 0.6) is 0 Å². The summed E-state index contributed by atoms with van der Waals surface area (Å²) in [5, 5.41) is 12.5. The van der Waals surface area contributed by atoms with Gasteiger partial charge in [0.1, 0.15) is 6.61 Å². The second-order valence-electron chi connectivity index (χ2n) is 9.01. The van der Waals surface area contributed by atoms with Crippen LogP contribution in [0, 0.1) is 11.8 Å². The van der Waals surface area contributed by atoms with E-state index in [1.54, 1.807) is 0 Å². The summed E-state index contributed by atoms with van der Waals surface area (Å²) in [7, 11) is 0. The molecule has 3 aliphatic rings. The van der Waals surface area contributed by atoms with Crippen molar-refractivity contribution in [2.75, 3.05) is 6.61 Å². The summed E-state index contributed by atoms with van der Waals surface area (Å²) in [4.78, 5) is 24.4. The van der Waals surface area contributed by atoms with Gasteiger partial charge in [-0.15, -0.1) is 0 Å². The average molecular weight is 405 g/mol. The Kier molecular flexibility index (Phi) is 4.76. The lowest BCUT2D eigenvalue weighted by atomic mass is 9.81. The molecule has 3 unspecified atom stereocenters. The molecule has 2 aromatic carbocycles. The number of ether oxygens (including phenoxy) is 1. The topological polar surface area (TPSA) is 75.6 Å². The maximum Gasteiger partial charge on any atom is 0.407 e. The van der Waals surface area contributed by atoms with E-state index in [1.165, 1.54) is 22.3 Å². The molecule has 0 radical (unpaired) electrons. The lowest BCUT2D eigenvalue weighted by Crippen LogP contribution is -2.53. The van der Waals surface area contributed by atoms with Crippen molar-refractivity contribution in [2.45, 2.75) is 50.0 Å². The predicted octanol–water partition coefficient (Wildman–Crippen LogP) is 4.95. The average Bonchev–Trinajstić information content (AvgIpc) is 3.41. The molecule has 5 heteroatoms. The molecule has 1 amide bonds. The van der Waals surface area contributed by atoms with Crippen LogP contribution in [0.4, 0.5) is 4.79 Å². The van der Waals surface area contributed by atoms with E-state index < -0.39 is 17.6 Å². The van der Waals surface area contributed by atoms with Crippen LogP contribution < -0.4 is 5.32 Å². The number of benzene rings is 2. The van der Waals surface area contributed by atoms with E-state index in [0.717, 1.165) is 32.1 Å². The Morgan fingerprint density at radius 2 is 1.67 bits per heavy atom. The highest BCUT2D eigenvalue weighted by Gasteiger charge is 2.52. The van der Waals surface area contributed by atoms with Gasteiger partial charge in [0, 0.05) is 5.92 Å². The van der Waals surface area contributed by atoms with E-state index in [4.69, 9.17) is 4.74 Å². The Hall–Kier alpha value is -2.82. The van der Waals surface area contributed by atoms with E-state index in [-0.39, 0.29) is 24.9 Å². The van der Waals surface area contributed by atoms with Gasteiger partial charge >= 0.3 is 12.1 Å². The van der Waals surface area contributed by atoms with Crippen molar-refractivity contribution in [1.82, 2.24) is 5.32 Å². The van der Waals surface area contributed by atoms with Crippen LogP contribution in [0.3, 0.4) is 0 Å². The molecule has 0 spiro atoms. The fourth-order valence-corrected chi connectivity index (χ4v) is 6.26. The van der Waals surface area contributed by atoms with Crippen molar-refractivity contribution in [1.29, 1.82) is 0 Å². The quantitative estimate of drug-likeness (QED) is 0.738. The smallest absolute Gasteiger partial charge is 0.407 e. The predicted molar refractivity (Wildman–Crippen MR) is 113 cm³/mol. The van der Waals surface area contributed by atoms with Crippen molar-refractivity contribution in [2.24, 2.45) is 11.8 Å². The number of fused-ring (bicyclic) bond motifs is 4. The van der Waals surface area contributed by atoms with Gasteiger partial charge in [0.15, 0.2) is 0 Å². The first kappa shape index (κ1) is 19.2. The zero-order chi connectivity index (χ0) is 20.7. The van der Waals surface area contributed by atoms with Crippen molar-refractivity contribution >= 4 is 12.1 Å². The maximum absolute atomic E-state index is 12.8. The number of amides is 1. The molecule has 2 fully saturated rings. The molecule has 0 bridgehead atoms. The van der Waals surface area contributed by atoms with Gasteiger partial charge in [-0.1, -0.05) is 61.4 Å². The number of aliphatic carboxylic acids is 1. The molecular formula is C25H27NO4. The molecule has 2 aromatic rings. The summed E-state index contributed by atoms with van der Waals surface area (Å²) in [6, 6.07) is 16.5. The Morgan fingerprint density at radius 1 is 1.00 bits per heavy atom. The van der Waals surface area contributed by atoms with E-state index in [2.05, 4.69) is 29.6 Å². The second kappa shape index (κ2) is 7.46. The Bertz CT molecular complexity index is 941. The zero-order valence-corrected chi connectivity index (χ0v) is 17.0. The number of carbonyl (C=O) groups is 2. The highest BCUT2D eigenvalue weighted by molar-refractivity contribution is 5.79. The molecule has 2 saturated carbocycles. The van der Waals surface area contributed by atoms with Gasteiger partial charge in [0.05, 0.1) is 12.0 Å². The minimum atomic E-state index is -0.860. The number of alkyl carbamates (subject to hydrolysis) is 1. The highest BCUT2D eigenvalue weighted by Crippen LogP contribution is 2.51. The van der Waals surface area contributed by atoms with Crippen LogP contribution in [0.25, 0.3) is 11.1 Å². The van der Waals surface area contributed by atoms with Gasteiger partial charge in [-0.3, -0.25) is 4.79 Å². The number of nitrogens with one attached hydrogen (secondary N) is 1. The van der Waals surface area contributed by atoms with E-state index >= 15 is 0 Å². The van der Waals surface area contributed by atoms with Gasteiger partial charge in [-0.25, -0.2) is 4.79 Å². The van der Waals surface area contributed by atoms with Crippen LogP contribution in [0.1, 0.15) is 55.6 Å². The van der Waals surface area contributed by atoms with Gasteiger partial charge < -0.3 is 15.2 Å². The SMILES string of the molecule is O=C(O)CC1(NC(=O)OCC2c3ccccc3-c3ccccc32)CCC2CCCC21. The van der Waals surface area contributed by atoms with Gasteiger partial charge in [-0.2, -0.15) is 0 Å². The summed E-state index contributed by atoms with van der Waals surface area (Å²) in [6.45, 7) is 0.247. The van der Waals surface area contributed by atoms with Crippen LogP contribution in [-0.2, 0) is 9.53 Å². The number of carboxylic acids is 1. The van der Waals surface area contributed by atoms with E-state index in [0.29, 0.717) is 5.92 Å².